The minimum atomic E-state index is -0.105. The van der Waals surface area contributed by atoms with Gasteiger partial charge < -0.3 is 9.72 Å². The standard InChI is InChI=1S/C13H16N2O2/c1-9-5-4-6-10-12(9)15(13(16)14-10)11-7-2-3-8-17-11/h4-6,11H,2-3,7-8H2,1H3,(H,14,16). The van der Waals surface area contributed by atoms with E-state index in [1.54, 1.807) is 4.57 Å². The van der Waals surface area contributed by atoms with Crippen LogP contribution in [0.3, 0.4) is 0 Å². The Hall–Kier alpha value is -1.55. The summed E-state index contributed by atoms with van der Waals surface area (Å²) in [4.78, 5) is 14.9. The molecule has 0 spiro atoms. The average molecular weight is 232 g/mol. The highest BCUT2D eigenvalue weighted by molar-refractivity contribution is 5.78. The van der Waals surface area contributed by atoms with Gasteiger partial charge in [0.25, 0.3) is 0 Å². The number of H-pyrrole nitrogens is 1. The molecule has 0 bridgehead atoms. The molecule has 1 unspecified atom stereocenters. The number of fused-ring (bicyclic) bond motifs is 1. The fraction of sp³-hybridized carbons (Fsp3) is 0.462. The van der Waals surface area contributed by atoms with Crippen molar-refractivity contribution in [3.8, 4) is 0 Å². The smallest absolute Gasteiger partial charge is 0.328 e. The molecule has 1 N–H and O–H groups in total. The SMILES string of the molecule is Cc1cccc2[nH]c(=O)n(C3CCCCO3)c12. The van der Waals surface area contributed by atoms with Crippen molar-refractivity contribution in [3.05, 3.63) is 34.2 Å². The highest BCUT2D eigenvalue weighted by Gasteiger charge is 2.20. The van der Waals surface area contributed by atoms with Crippen LogP contribution in [0.25, 0.3) is 11.0 Å². The number of imidazole rings is 1. The normalized spacial score (nSPS) is 20.9. The Morgan fingerprint density at radius 3 is 3.06 bits per heavy atom. The zero-order chi connectivity index (χ0) is 11.8. The van der Waals surface area contributed by atoms with Gasteiger partial charge in [0.15, 0.2) is 0 Å². The van der Waals surface area contributed by atoms with Crippen LogP contribution in [-0.4, -0.2) is 16.2 Å². The third kappa shape index (κ3) is 1.69. The molecule has 3 rings (SSSR count). The number of ether oxygens (including phenoxy) is 1. The van der Waals surface area contributed by atoms with Gasteiger partial charge in [-0.05, 0) is 37.8 Å². The Balaban J connectivity index is 2.20. The van der Waals surface area contributed by atoms with Crippen molar-refractivity contribution in [2.45, 2.75) is 32.4 Å². The Bertz CT molecular complexity index is 591. The predicted molar refractivity (Wildman–Crippen MR) is 66.1 cm³/mol. The summed E-state index contributed by atoms with van der Waals surface area (Å²) in [5.41, 5.74) is 2.91. The van der Waals surface area contributed by atoms with Crippen molar-refractivity contribution in [2.75, 3.05) is 6.61 Å². The summed E-state index contributed by atoms with van der Waals surface area (Å²) in [5.74, 6) is 0. The van der Waals surface area contributed by atoms with E-state index in [4.69, 9.17) is 4.74 Å². The first-order valence-electron chi connectivity index (χ1n) is 6.09. The molecule has 0 saturated carbocycles. The molecule has 2 heterocycles. The van der Waals surface area contributed by atoms with E-state index in [-0.39, 0.29) is 11.9 Å². The Morgan fingerprint density at radius 1 is 1.41 bits per heavy atom. The lowest BCUT2D eigenvalue weighted by Crippen LogP contribution is -2.27. The lowest BCUT2D eigenvalue weighted by molar-refractivity contribution is -0.0313. The molecule has 0 radical (unpaired) electrons. The van der Waals surface area contributed by atoms with E-state index in [1.807, 2.05) is 25.1 Å². The number of aromatic amines is 1. The highest BCUT2D eigenvalue weighted by atomic mass is 16.5. The van der Waals surface area contributed by atoms with Crippen molar-refractivity contribution in [3.63, 3.8) is 0 Å². The molecule has 1 aromatic heterocycles. The minimum absolute atomic E-state index is 0.0683. The van der Waals surface area contributed by atoms with Crippen LogP contribution in [0.4, 0.5) is 0 Å². The number of aromatic nitrogens is 2. The molecule has 0 amide bonds. The number of para-hydroxylation sites is 1. The first-order valence-corrected chi connectivity index (χ1v) is 6.09. The zero-order valence-corrected chi connectivity index (χ0v) is 9.90. The summed E-state index contributed by atoms with van der Waals surface area (Å²) in [5, 5.41) is 0. The van der Waals surface area contributed by atoms with Gasteiger partial charge in [-0.25, -0.2) is 4.79 Å². The van der Waals surface area contributed by atoms with E-state index in [2.05, 4.69) is 4.98 Å². The van der Waals surface area contributed by atoms with Crippen molar-refractivity contribution in [1.82, 2.24) is 9.55 Å². The molecule has 1 aliphatic heterocycles. The fourth-order valence-electron chi connectivity index (χ4n) is 2.56. The van der Waals surface area contributed by atoms with Gasteiger partial charge >= 0.3 is 5.69 Å². The minimum Gasteiger partial charge on any atom is -0.358 e. The van der Waals surface area contributed by atoms with Crippen LogP contribution in [0.2, 0.25) is 0 Å². The van der Waals surface area contributed by atoms with Crippen LogP contribution in [0.1, 0.15) is 31.1 Å². The molecule has 1 fully saturated rings. The van der Waals surface area contributed by atoms with Crippen LogP contribution in [0.5, 0.6) is 0 Å². The third-order valence-electron chi connectivity index (χ3n) is 3.38. The summed E-state index contributed by atoms with van der Waals surface area (Å²) < 4.78 is 7.48. The molecule has 1 aliphatic rings. The summed E-state index contributed by atoms with van der Waals surface area (Å²) in [7, 11) is 0. The Kier molecular flexibility index (Phi) is 2.52. The highest BCUT2D eigenvalue weighted by Crippen LogP contribution is 2.25. The number of benzene rings is 1. The first kappa shape index (κ1) is 10.6. The van der Waals surface area contributed by atoms with Gasteiger partial charge in [0.1, 0.15) is 6.23 Å². The largest absolute Gasteiger partial charge is 0.358 e. The maximum Gasteiger partial charge on any atom is 0.328 e. The second kappa shape index (κ2) is 4.04. The molecule has 17 heavy (non-hydrogen) atoms. The van der Waals surface area contributed by atoms with Crippen molar-refractivity contribution >= 4 is 11.0 Å². The van der Waals surface area contributed by atoms with E-state index in [0.717, 1.165) is 42.5 Å². The van der Waals surface area contributed by atoms with Gasteiger partial charge in [-0.2, -0.15) is 0 Å². The first-order chi connectivity index (χ1) is 8.27. The van der Waals surface area contributed by atoms with Crippen molar-refractivity contribution < 1.29 is 4.74 Å². The number of hydrogen-bond acceptors (Lipinski definition) is 2. The summed E-state index contributed by atoms with van der Waals surface area (Å²) in [6.45, 7) is 2.77. The van der Waals surface area contributed by atoms with E-state index in [1.165, 1.54) is 0 Å². The monoisotopic (exact) mass is 232 g/mol. The van der Waals surface area contributed by atoms with Gasteiger partial charge in [-0.15, -0.1) is 0 Å². The van der Waals surface area contributed by atoms with E-state index in [9.17, 15) is 4.79 Å². The second-order valence-corrected chi connectivity index (χ2v) is 4.59. The Labute approximate surface area is 99.2 Å². The van der Waals surface area contributed by atoms with Crippen molar-refractivity contribution in [2.24, 2.45) is 0 Å². The van der Waals surface area contributed by atoms with Crippen LogP contribution in [0, 0.1) is 6.92 Å². The van der Waals surface area contributed by atoms with Crippen LogP contribution >= 0.6 is 0 Å². The van der Waals surface area contributed by atoms with Crippen LogP contribution in [-0.2, 0) is 4.74 Å². The molecular weight excluding hydrogens is 216 g/mol. The fourth-order valence-corrected chi connectivity index (χ4v) is 2.56. The average Bonchev–Trinajstić information content (AvgIpc) is 2.68. The van der Waals surface area contributed by atoms with Crippen LogP contribution < -0.4 is 5.69 Å². The maximum atomic E-state index is 12.0. The molecular formula is C13H16N2O2. The van der Waals surface area contributed by atoms with E-state index < -0.39 is 0 Å². The van der Waals surface area contributed by atoms with Gasteiger partial charge in [0, 0.05) is 6.61 Å². The molecule has 90 valence electrons. The van der Waals surface area contributed by atoms with Gasteiger partial charge in [0.2, 0.25) is 0 Å². The lowest BCUT2D eigenvalue weighted by atomic mass is 10.1. The predicted octanol–water partition coefficient (Wildman–Crippen LogP) is 2.34. The zero-order valence-electron chi connectivity index (χ0n) is 9.90. The molecule has 4 heteroatoms. The quantitative estimate of drug-likeness (QED) is 0.820. The summed E-state index contributed by atoms with van der Waals surface area (Å²) >= 11 is 0. The molecule has 4 nitrogen and oxygen atoms in total. The molecule has 1 aromatic carbocycles. The van der Waals surface area contributed by atoms with Gasteiger partial charge in [-0.1, -0.05) is 12.1 Å². The third-order valence-corrected chi connectivity index (χ3v) is 3.38. The molecule has 1 saturated heterocycles. The number of nitrogens with zero attached hydrogens (tertiary/aromatic N) is 1. The number of nitrogens with one attached hydrogen (secondary N) is 1. The molecule has 2 aromatic rings. The summed E-state index contributed by atoms with van der Waals surface area (Å²) in [6.07, 6.45) is 3.02. The van der Waals surface area contributed by atoms with Gasteiger partial charge in [-0.3, -0.25) is 4.57 Å². The number of hydrogen-bond donors (Lipinski definition) is 1. The number of rotatable bonds is 1. The molecule has 0 aliphatic carbocycles. The topological polar surface area (TPSA) is 47.0 Å². The molecule has 1 atom stereocenters. The van der Waals surface area contributed by atoms with E-state index in [0.29, 0.717) is 0 Å². The maximum absolute atomic E-state index is 12.0. The second-order valence-electron chi connectivity index (χ2n) is 4.59. The number of aryl methyl sites for hydroxylation is 1. The van der Waals surface area contributed by atoms with Crippen molar-refractivity contribution in [1.29, 1.82) is 0 Å². The summed E-state index contributed by atoms with van der Waals surface area (Å²) in [6, 6.07) is 5.91. The van der Waals surface area contributed by atoms with Gasteiger partial charge in [0.05, 0.1) is 11.0 Å². The lowest BCUT2D eigenvalue weighted by Gasteiger charge is -2.24. The van der Waals surface area contributed by atoms with E-state index >= 15 is 0 Å². The van der Waals surface area contributed by atoms with Crippen LogP contribution in [0.15, 0.2) is 23.0 Å². The Morgan fingerprint density at radius 2 is 2.29 bits per heavy atom.